The summed E-state index contributed by atoms with van der Waals surface area (Å²) < 4.78 is 12.1. The Morgan fingerprint density at radius 2 is 1.76 bits per heavy atom. The first-order valence-electron chi connectivity index (χ1n) is 9.57. The van der Waals surface area contributed by atoms with Crippen molar-refractivity contribution in [2.24, 2.45) is 0 Å². The van der Waals surface area contributed by atoms with Crippen LogP contribution in [0.15, 0.2) is 72.8 Å². The summed E-state index contributed by atoms with van der Waals surface area (Å²) in [4.78, 5) is 0. The summed E-state index contributed by atoms with van der Waals surface area (Å²) in [6.07, 6.45) is 1.94. The summed E-state index contributed by atoms with van der Waals surface area (Å²) in [5.74, 6) is 1.53. The number of methoxy groups -OCH3 is 1. The zero-order chi connectivity index (χ0) is 20.0. The maximum Gasteiger partial charge on any atom is 0.196 e. The Bertz CT molecular complexity index is 1080. The minimum Gasteiger partial charge on any atom is -0.493 e. The topological polar surface area (TPSA) is 33.7 Å². The SMILES string of the molecule is COc1cccc2c1O[C@H](c1ccc(C)cc1)N1NC(c3ccc(Cl)cc3)=C[C@H]21. The van der Waals surface area contributed by atoms with Gasteiger partial charge in [0.15, 0.2) is 17.7 Å². The van der Waals surface area contributed by atoms with E-state index in [1.165, 1.54) is 5.56 Å². The number of aryl methyl sites for hydroxylation is 1. The van der Waals surface area contributed by atoms with Gasteiger partial charge in [0.2, 0.25) is 0 Å². The van der Waals surface area contributed by atoms with Crippen LogP contribution in [0.5, 0.6) is 11.5 Å². The molecular formula is C24H21ClN2O2. The highest BCUT2D eigenvalue weighted by molar-refractivity contribution is 6.30. The quantitative estimate of drug-likeness (QED) is 0.611. The Morgan fingerprint density at radius 3 is 2.48 bits per heavy atom. The molecule has 146 valence electrons. The normalized spacial score (nSPS) is 20.2. The predicted octanol–water partition coefficient (Wildman–Crippen LogP) is 5.65. The lowest BCUT2D eigenvalue weighted by molar-refractivity contribution is -0.0343. The number of ether oxygens (including phenoxy) is 2. The predicted molar refractivity (Wildman–Crippen MR) is 115 cm³/mol. The highest BCUT2D eigenvalue weighted by atomic mass is 35.5. The van der Waals surface area contributed by atoms with Crippen molar-refractivity contribution >= 4 is 17.3 Å². The number of benzene rings is 3. The second-order valence-corrected chi connectivity index (χ2v) is 7.75. The van der Waals surface area contributed by atoms with Crippen molar-refractivity contribution in [2.45, 2.75) is 19.2 Å². The minimum atomic E-state index is -0.287. The molecule has 0 bridgehead atoms. The van der Waals surface area contributed by atoms with Crippen molar-refractivity contribution in [3.05, 3.63) is 100 Å². The van der Waals surface area contributed by atoms with Crippen LogP contribution in [0.1, 0.15) is 34.5 Å². The van der Waals surface area contributed by atoms with Crippen LogP contribution >= 0.6 is 11.6 Å². The molecule has 0 aliphatic carbocycles. The van der Waals surface area contributed by atoms with E-state index in [1.807, 2.05) is 36.4 Å². The lowest BCUT2D eigenvalue weighted by atomic mass is 10.00. The molecule has 0 saturated carbocycles. The lowest BCUT2D eigenvalue weighted by Crippen LogP contribution is -2.43. The number of hydrogen-bond acceptors (Lipinski definition) is 4. The molecule has 0 aromatic heterocycles. The average molecular weight is 405 g/mol. The van der Waals surface area contributed by atoms with Crippen LogP contribution in [0.25, 0.3) is 5.70 Å². The van der Waals surface area contributed by atoms with Crippen LogP contribution in [0.4, 0.5) is 0 Å². The third-order valence-electron chi connectivity index (χ3n) is 5.42. The fourth-order valence-electron chi connectivity index (χ4n) is 3.90. The molecule has 0 saturated heterocycles. The molecule has 1 N–H and O–H groups in total. The molecule has 2 atom stereocenters. The fraction of sp³-hybridized carbons (Fsp3) is 0.167. The Kier molecular flexibility index (Phi) is 4.46. The van der Waals surface area contributed by atoms with Crippen molar-refractivity contribution < 1.29 is 9.47 Å². The van der Waals surface area contributed by atoms with E-state index in [-0.39, 0.29) is 12.3 Å². The van der Waals surface area contributed by atoms with Crippen molar-refractivity contribution in [3.63, 3.8) is 0 Å². The molecule has 2 aliphatic heterocycles. The first-order valence-corrected chi connectivity index (χ1v) is 9.95. The smallest absolute Gasteiger partial charge is 0.196 e. The van der Waals surface area contributed by atoms with Gasteiger partial charge in [0.1, 0.15) is 0 Å². The van der Waals surface area contributed by atoms with Gasteiger partial charge in [0.05, 0.1) is 18.8 Å². The second kappa shape index (κ2) is 7.14. The number of halogens is 1. The Morgan fingerprint density at radius 1 is 1.00 bits per heavy atom. The van der Waals surface area contributed by atoms with Crippen LogP contribution < -0.4 is 14.9 Å². The summed E-state index contributed by atoms with van der Waals surface area (Å²) in [5, 5.41) is 2.87. The number of hydrazine groups is 1. The maximum atomic E-state index is 6.48. The van der Waals surface area contributed by atoms with E-state index < -0.39 is 0 Å². The molecule has 0 spiro atoms. The van der Waals surface area contributed by atoms with Gasteiger partial charge >= 0.3 is 0 Å². The third kappa shape index (κ3) is 3.15. The van der Waals surface area contributed by atoms with E-state index in [0.29, 0.717) is 0 Å². The summed E-state index contributed by atoms with van der Waals surface area (Å²) in [6, 6.07) is 22.3. The molecule has 0 unspecified atom stereocenters. The number of hydrogen-bond donors (Lipinski definition) is 1. The minimum absolute atomic E-state index is 0.0193. The van der Waals surface area contributed by atoms with Gasteiger partial charge in [-0.1, -0.05) is 65.7 Å². The van der Waals surface area contributed by atoms with E-state index in [1.54, 1.807) is 7.11 Å². The number of rotatable bonds is 3. The number of nitrogens with one attached hydrogen (secondary N) is 1. The summed E-state index contributed by atoms with van der Waals surface area (Å²) in [7, 11) is 1.67. The Hall–Kier alpha value is -2.95. The molecule has 5 rings (SSSR count). The second-order valence-electron chi connectivity index (χ2n) is 7.31. The highest BCUT2D eigenvalue weighted by Gasteiger charge is 2.41. The molecule has 29 heavy (non-hydrogen) atoms. The van der Waals surface area contributed by atoms with Gasteiger partial charge in [0.25, 0.3) is 0 Å². The molecular weight excluding hydrogens is 384 g/mol. The Balaban J connectivity index is 1.61. The van der Waals surface area contributed by atoms with Gasteiger partial charge in [-0.2, -0.15) is 5.01 Å². The van der Waals surface area contributed by atoms with Crippen molar-refractivity contribution in [1.82, 2.24) is 10.4 Å². The van der Waals surface area contributed by atoms with E-state index >= 15 is 0 Å². The van der Waals surface area contributed by atoms with Crippen molar-refractivity contribution in [1.29, 1.82) is 0 Å². The van der Waals surface area contributed by atoms with Gasteiger partial charge in [-0.3, -0.25) is 0 Å². The molecule has 2 heterocycles. The molecule has 3 aromatic carbocycles. The summed E-state index contributed by atoms with van der Waals surface area (Å²) in [5.41, 5.74) is 9.03. The van der Waals surface area contributed by atoms with E-state index in [9.17, 15) is 0 Å². The monoisotopic (exact) mass is 404 g/mol. The fourth-order valence-corrected chi connectivity index (χ4v) is 4.03. The van der Waals surface area contributed by atoms with Crippen LogP contribution in [0, 0.1) is 6.92 Å². The van der Waals surface area contributed by atoms with Gasteiger partial charge in [-0.25, -0.2) is 0 Å². The summed E-state index contributed by atoms with van der Waals surface area (Å²) >= 11 is 6.07. The standard InChI is InChI=1S/C24H21ClN2O2/c1-15-6-8-17(9-7-15)24-27-21(19-4-3-5-22(28-2)23(19)29-24)14-20(26-27)16-10-12-18(25)13-11-16/h3-14,21,24,26H,1-2H3/t21-,24-/m1/s1. The van der Waals surface area contributed by atoms with E-state index in [2.05, 4.69) is 53.8 Å². The molecule has 5 heteroatoms. The summed E-state index contributed by atoms with van der Waals surface area (Å²) in [6.45, 7) is 2.08. The largest absolute Gasteiger partial charge is 0.493 e. The van der Waals surface area contributed by atoms with Crippen LogP contribution in [0.2, 0.25) is 5.02 Å². The molecule has 4 nitrogen and oxygen atoms in total. The zero-order valence-corrected chi connectivity index (χ0v) is 17.0. The molecule has 0 amide bonds. The van der Waals surface area contributed by atoms with Crippen molar-refractivity contribution in [2.75, 3.05) is 7.11 Å². The van der Waals surface area contributed by atoms with E-state index in [4.69, 9.17) is 21.1 Å². The molecule has 2 aliphatic rings. The van der Waals surface area contributed by atoms with E-state index in [0.717, 1.165) is 38.9 Å². The first kappa shape index (κ1) is 18.1. The van der Waals surface area contributed by atoms with Crippen molar-refractivity contribution in [3.8, 4) is 11.5 Å². The lowest BCUT2D eigenvalue weighted by Gasteiger charge is -2.39. The number of fused-ring (bicyclic) bond motifs is 3. The zero-order valence-electron chi connectivity index (χ0n) is 16.2. The maximum absolute atomic E-state index is 6.48. The number of nitrogens with zero attached hydrogens (tertiary/aromatic N) is 1. The van der Waals surface area contributed by atoms with Gasteiger partial charge in [-0.05, 0) is 36.8 Å². The Labute approximate surface area is 175 Å². The van der Waals surface area contributed by atoms with Gasteiger partial charge < -0.3 is 14.9 Å². The number of para-hydroxylation sites is 1. The van der Waals surface area contributed by atoms with Gasteiger partial charge in [-0.15, -0.1) is 0 Å². The van der Waals surface area contributed by atoms with Crippen LogP contribution in [-0.4, -0.2) is 12.1 Å². The van der Waals surface area contributed by atoms with Crippen LogP contribution in [-0.2, 0) is 0 Å². The average Bonchev–Trinajstić information content (AvgIpc) is 3.19. The molecule has 0 fully saturated rings. The molecule has 3 aromatic rings. The molecule has 0 radical (unpaired) electrons. The highest BCUT2D eigenvalue weighted by Crippen LogP contribution is 2.49. The first-order chi connectivity index (χ1) is 14.1. The van der Waals surface area contributed by atoms with Crippen LogP contribution in [0.3, 0.4) is 0 Å². The third-order valence-corrected chi connectivity index (χ3v) is 5.67. The van der Waals surface area contributed by atoms with Gasteiger partial charge in [0, 0.05) is 16.1 Å².